The van der Waals surface area contributed by atoms with Gasteiger partial charge in [0.25, 0.3) is 0 Å². The molecule has 0 saturated carbocycles. The second-order valence-electron chi connectivity index (χ2n) is 13.2. The molecule has 0 atom stereocenters. The van der Waals surface area contributed by atoms with Crippen molar-refractivity contribution in [2.24, 2.45) is 0 Å². The van der Waals surface area contributed by atoms with Crippen LogP contribution < -0.4 is 4.74 Å². The van der Waals surface area contributed by atoms with E-state index < -0.39 is 5.41 Å². The zero-order valence-corrected chi connectivity index (χ0v) is 28.0. The van der Waals surface area contributed by atoms with Crippen molar-refractivity contribution in [3.05, 3.63) is 204 Å². The highest BCUT2D eigenvalue weighted by Gasteiger charge is 2.51. The van der Waals surface area contributed by atoms with Gasteiger partial charge in [0.2, 0.25) is 0 Å². The monoisotopic (exact) mass is 663 g/mol. The van der Waals surface area contributed by atoms with E-state index in [0.717, 1.165) is 61.8 Å². The van der Waals surface area contributed by atoms with Gasteiger partial charge in [0.1, 0.15) is 11.5 Å². The standard InChI is InChI=1S/C48H29N3O/c49-30-31-22-24-32(25-23-31)36-18-11-21-41-46(36)52-45-27-26-35(28-42(45)48(41)39-19-9-7-16-37(39)38-17-8-10-20-40(38)48)47-50-43(33-12-3-1-4-13-33)29-44(51-47)34-14-5-2-6-15-34/h1-29H. The molecule has 7 aromatic carbocycles. The van der Waals surface area contributed by atoms with Gasteiger partial charge in [-0.25, -0.2) is 9.97 Å². The molecule has 1 aliphatic carbocycles. The third-order valence-corrected chi connectivity index (χ3v) is 10.4. The summed E-state index contributed by atoms with van der Waals surface area (Å²) in [6, 6.07) is 62.9. The lowest BCUT2D eigenvalue weighted by molar-refractivity contribution is 0.438. The van der Waals surface area contributed by atoms with Crippen molar-refractivity contribution in [2.45, 2.75) is 5.41 Å². The molecule has 8 aromatic rings. The van der Waals surface area contributed by atoms with Gasteiger partial charge in [-0.1, -0.05) is 140 Å². The second-order valence-corrected chi connectivity index (χ2v) is 13.2. The summed E-state index contributed by atoms with van der Waals surface area (Å²) in [7, 11) is 0. The minimum Gasteiger partial charge on any atom is -0.456 e. The normalized spacial score (nSPS) is 12.9. The SMILES string of the molecule is N#Cc1ccc(-c2cccc3c2Oc2ccc(-c4nc(-c5ccccc5)cc(-c5ccccc5)n4)cc2C32c3ccccc3-c3ccccc32)cc1. The van der Waals surface area contributed by atoms with Crippen molar-refractivity contribution < 1.29 is 4.74 Å². The Kier molecular flexibility index (Phi) is 6.74. The summed E-state index contributed by atoms with van der Waals surface area (Å²) in [4.78, 5) is 10.4. The summed E-state index contributed by atoms with van der Waals surface area (Å²) in [6.07, 6.45) is 0. The van der Waals surface area contributed by atoms with Gasteiger partial charge in [0, 0.05) is 33.4 Å². The summed E-state index contributed by atoms with van der Waals surface area (Å²) in [5.74, 6) is 2.24. The number of ether oxygens (including phenoxy) is 1. The van der Waals surface area contributed by atoms with Crippen LogP contribution in [0.15, 0.2) is 176 Å². The summed E-state index contributed by atoms with van der Waals surface area (Å²) in [5, 5.41) is 9.49. The zero-order chi connectivity index (χ0) is 34.6. The van der Waals surface area contributed by atoms with Crippen LogP contribution in [-0.2, 0) is 5.41 Å². The highest BCUT2D eigenvalue weighted by Crippen LogP contribution is 2.63. The number of para-hydroxylation sites is 1. The van der Waals surface area contributed by atoms with E-state index in [1.807, 2.05) is 60.7 Å². The van der Waals surface area contributed by atoms with Gasteiger partial charge < -0.3 is 4.74 Å². The van der Waals surface area contributed by atoms with Crippen molar-refractivity contribution in [1.82, 2.24) is 9.97 Å². The van der Waals surface area contributed by atoms with Crippen molar-refractivity contribution in [2.75, 3.05) is 0 Å². The Bertz CT molecular complexity index is 2610. The lowest BCUT2D eigenvalue weighted by Crippen LogP contribution is -2.32. The van der Waals surface area contributed by atoms with E-state index in [1.54, 1.807) is 0 Å². The Hall–Kier alpha value is -7.09. The van der Waals surface area contributed by atoms with E-state index in [9.17, 15) is 5.26 Å². The maximum atomic E-state index is 9.49. The molecule has 1 aromatic heterocycles. The quantitative estimate of drug-likeness (QED) is 0.188. The Morgan fingerprint density at radius 1 is 0.442 bits per heavy atom. The molecule has 0 N–H and O–H groups in total. The topological polar surface area (TPSA) is 58.8 Å². The number of aromatic nitrogens is 2. The fourth-order valence-corrected chi connectivity index (χ4v) is 8.11. The van der Waals surface area contributed by atoms with Crippen LogP contribution in [0.3, 0.4) is 0 Å². The molecule has 1 aliphatic heterocycles. The summed E-state index contributed by atoms with van der Waals surface area (Å²) in [6.45, 7) is 0. The van der Waals surface area contributed by atoms with E-state index in [0.29, 0.717) is 11.4 Å². The maximum Gasteiger partial charge on any atom is 0.160 e. The molecule has 4 heteroatoms. The maximum absolute atomic E-state index is 9.49. The summed E-state index contributed by atoms with van der Waals surface area (Å²) < 4.78 is 7.01. The van der Waals surface area contributed by atoms with Crippen LogP contribution in [0.25, 0.3) is 56.2 Å². The molecule has 0 fully saturated rings. The summed E-state index contributed by atoms with van der Waals surface area (Å²) in [5.41, 5.74) is 13.6. The van der Waals surface area contributed by atoms with E-state index >= 15 is 0 Å². The third kappa shape index (κ3) is 4.47. The Labute approximate surface area is 301 Å². The van der Waals surface area contributed by atoms with E-state index in [4.69, 9.17) is 14.7 Å². The average Bonchev–Trinajstić information content (AvgIpc) is 3.52. The molecule has 52 heavy (non-hydrogen) atoms. The first kappa shape index (κ1) is 29.8. The Balaban J connectivity index is 1.25. The van der Waals surface area contributed by atoms with Gasteiger partial charge >= 0.3 is 0 Å². The molecule has 0 amide bonds. The van der Waals surface area contributed by atoms with Crippen molar-refractivity contribution in [3.8, 4) is 73.7 Å². The highest BCUT2D eigenvalue weighted by atomic mass is 16.5. The van der Waals surface area contributed by atoms with Crippen LogP contribution in [-0.4, -0.2) is 9.97 Å². The van der Waals surface area contributed by atoms with Crippen LogP contribution >= 0.6 is 0 Å². The first-order valence-corrected chi connectivity index (χ1v) is 17.4. The lowest BCUT2D eigenvalue weighted by Gasteiger charge is -2.40. The molecule has 1 spiro atoms. The number of fused-ring (bicyclic) bond motifs is 9. The number of nitriles is 1. The molecular weight excluding hydrogens is 635 g/mol. The van der Waals surface area contributed by atoms with Gasteiger partial charge in [0.05, 0.1) is 28.4 Å². The number of hydrogen-bond donors (Lipinski definition) is 0. The smallest absolute Gasteiger partial charge is 0.160 e. The van der Waals surface area contributed by atoms with E-state index in [2.05, 4.69) is 121 Å². The van der Waals surface area contributed by atoms with Crippen LogP contribution in [0.2, 0.25) is 0 Å². The van der Waals surface area contributed by atoms with Crippen LogP contribution in [0, 0.1) is 11.3 Å². The molecular formula is C48H29N3O. The van der Waals surface area contributed by atoms with E-state index in [-0.39, 0.29) is 0 Å². The van der Waals surface area contributed by atoms with Crippen LogP contribution in [0.1, 0.15) is 27.8 Å². The third-order valence-electron chi connectivity index (χ3n) is 10.4. The fourth-order valence-electron chi connectivity index (χ4n) is 8.11. The minimum absolute atomic E-state index is 0.622. The summed E-state index contributed by atoms with van der Waals surface area (Å²) >= 11 is 0. The predicted molar refractivity (Wildman–Crippen MR) is 206 cm³/mol. The predicted octanol–water partition coefficient (Wildman–Crippen LogP) is 11.5. The molecule has 0 radical (unpaired) electrons. The van der Waals surface area contributed by atoms with Crippen molar-refractivity contribution >= 4 is 0 Å². The number of benzene rings is 7. The number of hydrogen-bond acceptors (Lipinski definition) is 4. The van der Waals surface area contributed by atoms with Gasteiger partial charge in [0.15, 0.2) is 5.82 Å². The second kappa shape index (κ2) is 11.8. The largest absolute Gasteiger partial charge is 0.456 e. The highest BCUT2D eigenvalue weighted by molar-refractivity contribution is 5.91. The first-order valence-electron chi connectivity index (χ1n) is 17.4. The van der Waals surface area contributed by atoms with Gasteiger partial charge in [-0.15, -0.1) is 0 Å². The number of nitrogens with zero attached hydrogens (tertiary/aromatic N) is 3. The van der Waals surface area contributed by atoms with Gasteiger partial charge in [-0.2, -0.15) is 5.26 Å². The van der Waals surface area contributed by atoms with Crippen molar-refractivity contribution in [1.29, 1.82) is 5.26 Å². The molecule has 242 valence electrons. The molecule has 0 bridgehead atoms. The molecule has 10 rings (SSSR count). The molecule has 0 saturated heterocycles. The Morgan fingerprint density at radius 3 is 1.60 bits per heavy atom. The zero-order valence-electron chi connectivity index (χ0n) is 28.0. The van der Waals surface area contributed by atoms with Gasteiger partial charge in [-0.05, 0) is 64.2 Å². The minimum atomic E-state index is -0.673. The lowest BCUT2D eigenvalue weighted by atomic mass is 9.65. The molecule has 4 nitrogen and oxygen atoms in total. The molecule has 2 heterocycles. The van der Waals surface area contributed by atoms with Crippen molar-refractivity contribution in [3.63, 3.8) is 0 Å². The number of rotatable bonds is 4. The average molecular weight is 664 g/mol. The van der Waals surface area contributed by atoms with Crippen LogP contribution in [0.5, 0.6) is 11.5 Å². The van der Waals surface area contributed by atoms with Gasteiger partial charge in [-0.3, -0.25) is 0 Å². The van der Waals surface area contributed by atoms with E-state index in [1.165, 1.54) is 22.3 Å². The van der Waals surface area contributed by atoms with Crippen LogP contribution in [0.4, 0.5) is 0 Å². The first-order chi connectivity index (χ1) is 25.7. The Morgan fingerprint density at radius 2 is 0.981 bits per heavy atom. The molecule has 0 unspecified atom stereocenters. The fraction of sp³-hybridized carbons (Fsp3) is 0.0208. The molecule has 2 aliphatic rings.